The van der Waals surface area contributed by atoms with Crippen molar-refractivity contribution in [2.75, 3.05) is 27.3 Å². The third kappa shape index (κ3) is 6.23. The van der Waals surface area contributed by atoms with Crippen molar-refractivity contribution in [3.63, 3.8) is 0 Å². The minimum absolute atomic E-state index is 0.0783. The van der Waals surface area contributed by atoms with Crippen molar-refractivity contribution < 1.29 is 14.3 Å². The van der Waals surface area contributed by atoms with Crippen LogP contribution in [0, 0.1) is 0 Å². The molecule has 0 saturated carbocycles. The molecular weight excluding hydrogens is 304 g/mol. The highest BCUT2D eigenvalue weighted by molar-refractivity contribution is 5.80. The second-order valence-corrected chi connectivity index (χ2v) is 6.69. The van der Waals surface area contributed by atoms with E-state index >= 15 is 0 Å². The van der Waals surface area contributed by atoms with Crippen LogP contribution < -0.4 is 5.32 Å². The van der Waals surface area contributed by atoms with Crippen LogP contribution in [0.25, 0.3) is 0 Å². The predicted molar refractivity (Wildman–Crippen MR) is 94.7 cm³/mol. The number of nitrogens with one attached hydrogen (secondary N) is 1. The minimum Gasteiger partial charge on any atom is -0.376 e. The van der Waals surface area contributed by atoms with Gasteiger partial charge in [0.15, 0.2) is 0 Å². The Kier molecular flexibility index (Phi) is 7.69. The molecule has 0 aromatic heterocycles. The van der Waals surface area contributed by atoms with Crippen LogP contribution in [0.5, 0.6) is 0 Å². The van der Waals surface area contributed by atoms with E-state index in [9.17, 15) is 4.79 Å². The molecule has 1 aliphatic rings. The lowest BCUT2D eigenvalue weighted by Gasteiger charge is -2.24. The smallest absolute Gasteiger partial charge is 0.249 e. The quantitative estimate of drug-likeness (QED) is 0.793. The van der Waals surface area contributed by atoms with Gasteiger partial charge < -0.3 is 19.7 Å². The molecule has 0 bridgehead atoms. The van der Waals surface area contributed by atoms with Gasteiger partial charge in [0.25, 0.3) is 0 Å². The number of hydrogen-bond acceptors (Lipinski definition) is 4. The van der Waals surface area contributed by atoms with Gasteiger partial charge in [-0.2, -0.15) is 0 Å². The first-order valence-electron chi connectivity index (χ1n) is 8.78. The van der Waals surface area contributed by atoms with Crippen molar-refractivity contribution in [3.05, 3.63) is 35.4 Å². The average molecular weight is 334 g/mol. The van der Waals surface area contributed by atoms with Crippen LogP contribution in [0.4, 0.5) is 0 Å². The molecule has 134 valence electrons. The van der Waals surface area contributed by atoms with Crippen LogP contribution in [0.3, 0.4) is 0 Å². The van der Waals surface area contributed by atoms with Gasteiger partial charge in [0.2, 0.25) is 5.91 Å². The van der Waals surface area contributed by atoms with Crippen molar-refractivity contribution in [2.24, 2.45) is 0 Å². The largest absolute Gasteiger partial charge is 0.376 e. The van der Waals surface area contributed by atoms with E-state index in [1.165, 1.54) is 12.0 Å². The number of amides is 1. The molecule has 2 unspecified atom stereocenters. The highest BCUT2D eigenvalue weighted by Gasteiger charge is 2.19. The van der Waals surface area contributed by atoms with Gasteiger partial charge in [0.1, 0.15) is 6.10 Å². The van der Waals surface area contributed by atoms with Crippen molar-refractivity contribution in [3.8, 4) is 0 Å². The SMILES string of the molecule is CC(OCC1CCCCO1)C(=O)NCc1ccccc1CN(C)C. The Bertz CT molecular complexity index is 513. The molecule has 1 aromatic carbocycles. The van der Waals surface area contributed by atoms with Crippen molar-refractivity contribution in [1.29, 1.82) is 0 Å². The first-order chi connectivity index (χ1) is 11.6. The molecule has 0 aliphatic carbocycles. The molecule has 2 atom stereocenters. The van der Waals surface area contributed by atoms with Gasteiger partial charge in [-0.3, -0.25) is 4.79 Å². The van der Waals surface area contributed by atoms with E-state index in [4.69, 9.17) is 9.47 Å². The summed E-state index contributed by atoms with van der Waals surface area (Å²) in [6, 6.07) is 8.18. The van der Waals surface area contributed by atoms with Crippen LogP contribution in [-0.4, -0.2) is 50.3 Å². The van der Waals surface area contributed by atoms with Crippen molar-refractivity contribution in [1.82, 2.24) is 10.2 Å². The monoisotopic (exact) mass is 334 g/mol. The molecule has 1 amide bonds. The summed E-state index contributed by atoms with van der Waals surface area (Å²) in [6.45, 7) is 4.47. The van der Waals surface area contributed by atoms with E-state index in [0.29, 0.717) is 13.2 Å². The zero-order valence-corrected chi connectivity index (χ0v) is 15.1. The lowest BCUT2D eigenvalue weighted by atomic mass is 10.1. The third-order valence-corrected chi connectivity index (χ3v) is 4.23. The Morgan fingerprint density at radius 3 is 2.75 bits per heavy atom. The molecule has 1 heterocycles. The van der Waals surface area contributed by atoms with E-state index in [2.05, 4.69) is 22.3 Å². The zero-order valence-electron chi connectivity index (χ0n) is 15.1. The average Bonchev–Trinajstić information content (AvgIpc) is 2.59. The van der Waals surface area contributed by atoms with Gasteiger partial charge in [-0.25, -0.2) is 0 Å². The fourth-order valence-electron chi connectivity index (χ4n) is 2.82. The fourth-order valence-corrected chi connectivity index (χ4v) is 2.82. The van der Waals surface area contributed by atoms with E-state index < -0.39 is 6.10 Å². The van der Waals surface area contributed by atoms with E-state index in [1.807, 2.05) is 26.2 Å². The van der Waals surface area contributed by atoms with Crippen LogP contribution in [-0.2, 0) is 27.4 Å². The van der Waals surface area contributed by atoms with Gasteiger partial charge in [0, 0.05) is 19.7 Å². The number of ether oxygens (including phenoxy) is 2. The van der Waals surface area contributed by atoms with E-state index in [1.54, 1.807) is 6.92 Å². The molecule has 5 heteroatoms. The number of carbonyl (C=O) groups is 1. The Morgan fingerprint density at radius 2 is 2.08 bits per heavy atom. The molecule has 5 nitrogen and oxygen atoms in total. The molecule has 0 spiro atoms. The zero-order chi connectivity index (χ0) is 17.4. The Labute approximate surface area is 145 Å². The van der Waals surface area contributed by atoms with Crippen LogP contribution in [0.1, 0.15) is 37.3 Å². The van der Waals surface area contributed by atoms with Crippen LogP contribution >= 0.6 is 0 Å². The predicted octanol–water partition coefficient (Wildman–Crippen LogP) is 2.34. The summed E-state index contributed by atoms with van der Waals surface area (Å²) in [5, 5.41) is 2.98. The molecule has 0 radical (unpaired) electrons. The van der Waals surface area contributed by atoms with E-state index in [-0.39, 0.29) is 12.0 Å². The van der Waals surface area contributed by atoms with E-state index in [0.717, 1.165) is 31.6 Å². The summed E-state index contributed by atoms with van der Waals surface area (Å²) in [7, 11) is 4.08. The van der Waals surface area contributed by atoms with Gasteiger partial charge >= 0.3 is 0 Å². The standard InChI is InChI=1S/C19H30N2O3/c1-15(24-14-18-10-6-7-11-23-18)19(22)20-12-16-8-4-5-9-17(16)13-21(2)3/h4-5,8-9,15,18H,6-7,10-14H2,1-3H3,(H,20,22). The molecule has 1 N–H and O–H groups in total. The summed E-state index contributed by atoms with van der Waals surface area (Å²) in [4.78, 5) is 14.4. The summed E-state index contributed by atoms with van der Waals surface area (Å²) >= 11 is 0. The molecular formula is C19H30N2O3. The normalized spacial score (nSPS) is 19.2. The number of hydrogen-bond donors (Lipinski definition) is 1. The topological polar surface area (TPSA) is 50.8 Å². The second kappa shape index (κ2) is 9.77. The van der Waals surface area contributed by atoms with Gasteiger partial charge in [-0.05, 0) is 51.4 Å². The summed E-state index contributed by atoms with van der Waals surface area (Å²) in [5.74, 6) is -0.0783. The maximum absolute atomic E-state index is 12.2. The number of carbonyl (C=O) groups excluding carboxylic acids is 1. The number of benzene rings is 1. The second-order valence-electron chi connectivity index (χ2n) is 6.69. The highest BCUT2D eigenvalue weighted by Crippen LogP contribution is 2.14. The third-order valence-electron chi connectivity index (χ3n) is 4.23. The Morgan fingerprint density at radius 1 is 1.33 bits per heavy atom. The molecule has 1 aromatic rings. The summed E-state index contributed by atoms with van der Waals surface area (Å²) in [5.41, 5.74) is 2.37. The Balaban J connectivity index is 1.77. The van der Waals surface area contributed by atoms with Crippen LogP contribution in [0.15, 0.2) is 24.3 Å². The minimum atomic E-state index is -0.462. The van der Waals surface area contributed by atoms with Gasteiger partial charge in [-0.1, -0.05) is 24.3 Å². The fraction of sp³-hybridized carbons (Fsp3) is 0.632. The Hall–Kier alpha value is -1.43. The van der Waals surface area contributed by atoms with Crippen LogP contribution in [0.2, 0.25) is 0 Å². The molecule has 2 rings (SSSR count). The summed E-state index contributed by atoms with van der Waals surface area (Å²) in [6.07, 6.45) is 2.99. The molecule has 24 heavy (non-hydrogen) atoms. The molecule has 1 saturated heterocycles. The molecule has 1 fully saturated rings. The first kappa shape index (κ1) is 18.9. The van der Waals surface area contributed by atoms with Crippen molar-refractivity contribution in [2.45, 2.75) is 51.5 Å². The maximum atomic E-state index is 12.2. The summed E-state index contributed by atoms with van der Waals surface area (Å²) < 4.78 is 11.3. The molecule has 1 aliphatic heterocycles. The van der Waals surface area contributed by atoms with Crippen molar-refractivity contribution >= 4 is 5.91 Å². The van der Waals surface area contributed by atoms with Gasteiger partial charge in [-0.15, -0.1) is 0 Å². The number of nitrogens with zero attached hydrogens (tertiary/aromatic N) is 1. The highest BCUT2D eigenvalue weighted by atomic mass is 16.5. The van der Waals surface area contributed by atoms with Gasteiger partial charge in [0.05, 0.1) is 12.7 Å². The number of rotatable bonds is 8. The first-order valence-corrected chi connectivity index (χ1v) is 8.78. The lowest BCUT2D eigenvalue weighted by Crippen LogP contribution is -2.36. The lowest BCUT2D eigenvalue weighted by molar-refractivity contribution is -0.135. The maximum Gasteiger partial charge on any atom is 0.249 e.